The van der Waals surface area contributed by atoms with Gasteiger partial charge < -0.3 is 15.4 Å². The van der Waals surface area contributed by atoms with E-state index in [0.29, 0.717) is 22.9 Å². The van der Waals surface area contributed by atoms with Gasteiger partial charge in [-0.25, -0.2) is 0 Å². The van der Waals surface area contributed by atoms with E-state index < -0.39 is 0 Å². The minimum Gasteiger partial charge on any atom is -0.496 e. The van der Waals surface area contributed by atoms with Crippen LogP contribution in [0, 0.1) is 0 Å². The van der Waals surface area contributed by atoms with E-state index in [9.17, 15) is 4.79 Å². The first-order chi connectivity index (χ1) is 9.65. The number of ether oxygens (including phenoxy) is 1. The van der Waals surface area contributed by atoms with Crippen molar-refractivity contribution in [2.45, 2.75) is 13.3 Å². The van der Waals surface area contributed by atoms with Crippen molar-refractivity contribution in [1.82, 2.24) is 0 Å². The van der Waals surface area contributed by atoms with Gasteiger partial charge >= 0.3 is 0 Å². The standard InChI is InChI=1S/C15H18N2O2S/c1-3-8-17(12-6-4-11(16)5-7-12)15(18)14-9-13(19-2)10-20-14/h4-7,9-10H,3,8,16H2,1-2H3. The molecule has 4 nitrogen and oxygen atoms in total. The average molecular weight is 290 g/mol. The summed E-state index contributed by atoms with van der Waals surface area (Å²) in [4.78, 5) is 15.0. The first-order valence-corrected chi connectivity index (χ1v) is 7.33. The van der Waals surface area contributed by atoms with E-state index in [1.807, 2.05) is 24.4 Å². The van der Waals surface area contributed by atoms with Gasteiger partial charge in [0.15, 0.2) is 0 Å². The Hall–Kier alpha value is -2.01. The summed E-state index contributed by atoms with van der Waals surface area (Å²) in [6.07, 6.45) is 0.888. The number of benzene rings is 1. The van der Waals surface area contributed by atoms with Crippen LogP contribution in [0.2, 0.25) is 0 Å². The fourth-order valence-corrected chi connectivity index (χ4v) is 2.70. The fraction of sp³-hybridized carbons (Fsp3) is 0.267. The predicted molar refractivity (Wildman–Crippen MR) is 83.7 cm³/mol. The summed E-state index contributed by atoms with van der Waals surface area (Å²) in [6.45, 7) is 2.72. The number of nitrogens with two attached hydrogens (primary N) is 1. The quantitative estimate of drug-likeness (QED) is 0.859. The third kappa shape index (κ3) is 3.11. The number of hydrogen-bond acceptors (Lipinski definition) is 4. The van der Waals surface area contributed by atoms with Crippen molar-refractivity contribution >= 4 is 28.6 Å². The molecule has 1 heterocycles. The van der Waals surface area contributed by atoms with Crippen molar-refractivity contribution in [3.05, 3.63) is 40.6 Å². The third-order valence-corrected chi connectivity index (χ3v) is 3.82. The molecule has 2 aromatic rings. The zero-order valence-electron chi connectivity index (χ0n) is 11.6. The lowest BCUT2D eigenvalue weighted by molar-refractivity contribution is 0.0990. The second-order valence-corrected chi connectivity index (χ2v) is 5.31. The second kappa shape index (κ2) is 6.43. The Morgan fingerprint density at radius 1 is 1.35 bits per heavy atom. The Bertz CT molecular complexity index is 578. The van der Waals surface area contributed by atoms with Crippen LogP contribution in [0.15, 0.2) is 35.7 Å². The van der Waals surface area contributed by atoms with E-state index in [-0.39, 0.29) is 5.91 Å². The lowest BCUT2D eigenvalue weighted by Crippen LogP contribution is -2.31. The maximum atomic E-state index is 12.6. The summed E-state index contributed by atoms with van der Waals surface area (Å²) >= 11 is 1.39. The molecular weight excluding hydrogens is 272 g/mol. The Morgan fingerprint density at radius 2 is 2.05 bits per heavy atom. The number of rotatable bonds is 5. The Kier molecular flexibility index (Phi) is 4.63. The van der Waals surface area contributed by atoms with E-state index in [0.717, 1.165) is 12.1 Å². The molecular formula is C15H18N2O2S. The normalized spacial score (nSPS) is 10.3. The molecule has 2 rings (SSSR count). The number of methoxy groups -OCH3 is 1. The zero-order chi connectivity index (χ0) is 14.5. The molecule has 0 saturated heterocycles. The average Bonchev–Trinajstić information content (AvgIpc) is 2.94. The van der Waals surface area contributed by atoms with Crippen LogP contribution in [0.1, 0.15) is 23.0 Å². The van der Waals surface area contributed by atoms with E-state index in [4.69, 9.17) is 10.5 Å². The highest BCUT2D eigenvalue weighted by atomic mass is 32.1. The van der Waals surface area contributed by atoms with Gasteiger partial charge in [-0.3, -0.25) is 4.79 Å². The van der Waals surface area contributed by atoms with Crippen molar-refractivity contribution in [3.63, 3.8) is 0 Å². The van der Waals surface area contributed by atoms with Crippen molar-refractivity contribution in [1.29, 1.82) is 0 Å². The third-order valence-electron chi connectivity index (χ3n) is 2.92. The minimum atomic E-state index is -0.00933. The second-order valence-electron chi connectivity index (χ2n) is 4.40. The molecule has 1 aromatic carbocycles. The molecule has 0 aliphatic carbocycles. The zero-order valence-corrected chi connectivity index (χ0v) is 12.4. The summed E-state index contributed by atoms with van der Waals surface area (Å²) in [6, 6.07) is 9.12. The molecule has 106 valence electrons. The van der Waals surface area contributed by atoms with Crippen LogP contribution in [0.3, 0.4) is 0 Å². The van der Waals surface area contributed by atoms with Gasteiger partial charge in [0.05, 0.1) is 12.0 Å². The van der Waals surface area contributed by atoms with Crippen LogP contribution in [0.4, 0.5) is 11.4 Å². The summed E-state index contributed by atoms with van der Waals surface area (Å²) in [5.74, 6) is 0.706. The largest absolute Gasteiger partial charge is 0.496 e. The number of nitrogen functional groups attached to an aromatic ring is 1. The van der Waals surface area contributed by atoms with Gasteiger partial charge in [0.1, 0.15) is 5.75 Å². The van der Waals surface area contributed by atoms with E-state index >= 15 is 0 Å². The topological polar surface area (TPSA) is 55.6 Å². The molecule has 0 saturated carbocycles. The molecule has 5 heteroatoms. The highest BCUT2D eigenvalue weighted by Gasteiger charge is 2.19. The highest BCUT2D eigenvalue weighted by Crippen LogP contribution is 2.25. The van der Waals surface area contributed by atoms with Gasteiger partial charge in [-0.1, -0.05) is 6.92 Å². The van der Waals surface area contributed by atoms with Crippen LogP contribution in [0.25, 0.3) is 0 Å². The maximum Gasteiger partial charge on any atom is 0.268 e. The number of anilines is 2. The molecule has 0 radical (unpaired) electrons. The number of carbonyl (C=O) groups is 1. The summed E-state index contributed by atoms with van der Waals surface area (Å²) in [5, 5.41) is 1.83. The van der Waals surface area contributed by atoms with Crippen LogP contribution in [-0.4, -0.2) is 19.6 Å². The first-order valence-electron chi connectivity index (χ1n) is 6.45. The number of nitrogens with zero attached hydrogens (tertiary/aromatic N) is 1. The number of carbonyl (C=O) groups excluding carboxylic acids is 1. The van der Waals surface area contributed by atoms with E-state index in [2.05, 4.69) is 0 Å². The molecule has 0 bridgehead atoms. The summed E-state index contributed by atoms with van der Waals surface area (Å²) in [5.41, 5.74) is 7.24. The SMILES string of the molecule is CCCN(C(=O)c1cc(OC)cs1)c1ccc(N)cc1. The van der Waals surface area contributed by atoms with Crippen LogP contribution >= 0.6 is 11.3 Å². The Balaban J connectivity index is 2.27. The highest BCUT2D eigenvalue weighted by molar-refractivity contribution is 7.12. The van der Waals surface area contributed by atoms with Crippen molar-refractivity contribution in [2.24, 2.45) is 0 Å². The molecule has 2 N–H and O–H groups in total. The molecule has 0 atom stereocenters. The molecule has 0 fully saturated rings. The van der Waals surface area contributed by atoms with E-state index in [1.165, 1.54) is 11.3 Å². The summed E-state index contributed by atoms with van der Waals surface area (Å²) in [7, 11) is 1.60. The Morgan fingerprint density at radius 3 is 2.60 bits per heavy atom. The lowest BCUT2D eigenvalue weighted by atomic mass is 10.2. The van der Waals surface area contributed by atoms with Crippen LogP contribution in [-0.2, 0) is 0 Å². The van der Waals surface area contributed by atoms with Crippen LogP contribution in [0.5, 0.6) is 5.75 Å². The minimum absolute atomic E-state index is 0.00933. The lowest BCUT2D eigenvalue weighted by Gasteiger charge is -2.21. The van der Waals surface area contributed by atoms with Gasteiger partial charge in [-0.05, 0) is 30.7 Å². The van der Waals surface area contributed by atoms with Crippen molar-refractivity contribution < 1.29 is 9.53 Å². The van der Waals surface area contributed by atoms with Gasteiger partial charge in [-0.15, -0.1) is 11.3 Å². The molecule has 20 heavy (non-hydrogen) atoms. The van der Waals surface area contributed by atoms with Gasteiger partial charge in [0.25, 0.3) is 5.91 Å². The summed E-state index contributed by atoms with van der Waals surface area (Å²) < 4.78 is 5.13. The van der Waals surface area contributed by atoms with E-state index in [1.54, 1.807) is 30.2 Å². The number of amides is 1. The molecule has 0 spiro atoms. The van der Waals surface area contributed by atoms with Gasteiger partial charge in [0, 0.05) is 29.4 Å². The van der Waals surface area contributed by atoms with Crippen LogP contribution < -0.4 is 15.4 Å². The van der Waals surface area contributed by atoms with Gasteiger partial charge in [-0.2, -0.15) is 0 Å². The smallest absolute Gasteiger partial charge is 0.268 e. The molecule has 1 aromatic heterocycles. The van der Waals surface area contributed by atoms with Gasteiger partial charge in [0.2, 0.25) is 0 Å². The maximum absolute atomic E-state index is 12.6. The molecule has 1 amide bonds. The Labute approximate surface area is 122 Å². The predicted octanol–water partition coefficient (Wildman–Crippen LogP) is 3.40. The first kappa shape index (κ1) is 14.4. The number of hydrogen-bond donors (Lipinski definition) is 1. The molecule has 0 aliphatic rings. The monoisotopic (exact) mass is 290 g/mol. The fourth-order valence-electron chi connectivity index (χ4n) is 1.90. The van der Waals surface area contributed by atoms with Crippen molar-refractivity contribution in [3.8, 4) is 5.75 Å². The molecule has 0 unspecified atom stereocenters. The number of thiophene rings is 1. The van der Waals surface area contributed by atoms with Crippen molar-refractivity contribution in [2.75, 3.05) is 24.3 Å². The molecule has 0 aliphatic heterocycles.